The van der Waals surface area contributed by atoms with Crippen LogP contribution in [0.5, 0.6) is 0 Å². The van der Waals surface area contributed by atoms with E-state index in [1.54, 1.807) is 23.2 Å². The van der Waals surface area contributed by atoms with E-state index in [-0.39, 0.29) is 11.8 Å². The number of thiophene rings is 1. The van der Waals surface area contributed by atoms with Gasteiger partial charge in [-0.25, -0.2) is 0 Å². The van der Waals surface area contributed by atoms with E-state index in [4.69, 9.17) is 0 Å². The molecule has 1 fully saturated rings. The molecular formula is C21H23N3O2S. The number of amides is 2. The minimum atomic E-state index is 0.0511. The molecule has 2 amide bonds. The average molecular weight is 382 g/mol. The van der Waals surface area contributed by atoms with Gasteiger partial charge in [-0.2, -0.15) is 0 Å². The summed E-state index contributed by atoms with van der Waals surface area (Å²) in [7, 11) is 0. The van der Waals surface area contributed by atoms with E-state index < -0.39 is 0 Å². The molecule has 6 heteroatoms. The van der Waals surface area contributed by atoms with Crippen molar-refractivity contribution in [3.63, 3.8) is 0 Å². The lowest BCUT2D eigenvalue weighted by Crippen LogP contribution is -2.50. The topological polar surface area (TPSA) is 45.6 Å². The molecule has 5 nitrogen and oxygen atoms in total. The molecule has 2 aromatic heterocycles. The molecule has 4 rings (SSSR count). The van der Waals surface area contributed by atoms with Gasteiger partial charge in [0, 0.05) is 44.5 Å². The van der Waals surface area contributed by atoms with Crippen LogP contribution < -0.4 is 0 Å². The quantitative estimate of drug-likeness (QED) is 0.698. The number of aromatic nitrogens is 1. The number of piperazine rings is 1. The van der Waals surface area contributed by atoms with Gasteiger partial charge >= 0.3 is 0 Å². The standard InChI is InChI=1S/C21H23N3O2S/c1-15-12-18-20(27-15)13-19(24(18)14-17-6-4-3-5-7-17)21(26)23-10-8-22(9-11-23)16(2)25/h3-7,12-13H,8-11,14H2,1-2H3. The normalized spacial score (nSPS) is 14.7. The van der Waals surface area contributed by atoms with Crippen molar-refractivity contribution in [2.75, 3.05) is 26.2 Å². The van der Waals surface area contributed by atoms with Crippen LogP contribution in [-0.2, 0) is 11.3 Å². The fraction of sp³-hybridized carbons (Fsp3) is 0.333. The zero-order chi connectivity index (χ0) is 19.0. The van der Waals surface area contributed by atoms with Crippen LogP contribution >= 0.6 is 11.3 Å². The van der Waals surface area contributed by atoms with E-state index in [2.05, 4.69) is 29.7 Å². The van der Waals surface area contributed by atoms with Crippen LogP contribution in [0, 0.1) is 6.92 Å². The first-order chi connectivity index (χ1) is 13.0. The number of carbonyl (C=O) groups is 2. The van der Waals surface area contributed by atoms with E-state index in [9.17, 15) is 9.59 Å². The predicted octanol–water partition coefficient (Wildman–Crippen LogP) is 3.36. The van der Waals surface area contributed by atoms with Crippen LogP contribution in [-0.4, -0.2) is 52.4 Å². The van der Waals surface area contributed by atoms with Gasteiger partial charge in [0.15, 0.2) is 0 Å². The second kappa shape index (κ2) is 7.19. The lowest BCUT2D eigenvalue weighted by atomic mass is 10.2. The zero-order valence-corrected chi connectivity index (χ0v) is 16.5. The number of nitrogens with zero attached hydrogens (tertiary/aromatic N) is 3. The summed E-state index contributed by atoms with van der Waals surface area (Å²) >= 11 is 1.72. The third kappa shape index (κ3) is 3.49. The van der Waals surface area contributed by atoms with Crippen LogP contribution in [0.2, 0.25) is 0 Å². The molecule has 0 unspecified atom stereocenters. The van der Waals surface area contributed by atoms with Gasteiger partial charge in [0.25, 0.3) is 5.91 Å². The van der Waals surface area contributed by atoms with Crippen LogP contribution in [0.1, 0.15) is 27.9 Å². The van der Waals surface area contributed by atoms with Crippen molar-refractivity contribution < 1.29 is 9.59 Å². The Hall–Kier alpha value is -2.60. The van der Waals surface area contributed by atoms with Crippen LogP contribution in [0.15, 0.2) is 42.5 Å². The van der Waals surface area contributed by atoms with Crippen LogP contribution in [0.3, 0.4) is 0 Å². The van der Waals surface area contributed by atoms with Gasteiger partial charge in [-0.3, -0.25) is 9.59 Å². The van der Waals surface area contributed by atoms with Gasteiger partial charge in [0.2, 0.25) is 5.91 Å². The summed E-state index contributed by atoms with van der Waals surface area (Å²) in [6.07, 6.45) is 0. The molecule has 0 atom stereocenters. The Labute approximate surface area is 162 Å². The number of aryl methyl sites for hydroxylation is 1. The summed E-state index contributed by atoms with van der Waals surface area (Å²) in [5.74, 6) is 0.126. The first kappa shape index (κ1) is 17.8. The second-order valence-corrected chi connectivity index (χ2v) is 8.29. The minimum absolute atomic E-state index is 0.0511. The van der Waals surface area contributed by atoms with Gasteiger partial charge in [-0.15, -0.1) is 11.3 Å². The first-order valence-corrected chi connectivity index (χ1v) is 10.0. The van der Waals surface area contributed by atoms with Crippen molar-refractivity contribution in [2.24, 2.45) is 0 Å². The Kier molecular flexibility index (Phi) is 4.74. The SMILES string of the molecule is CC(=O)N1CCN(C(=O)c2cc3sc(C)cc3n2Cc2ccccc2)CC1. The Morgan fingerprint density at radius 3 is 2.33 bits per heavy atom. The average Bonchev–Trinajstić information content (AvgIpc) is 3.19. The fourth-order valence-corrected chi connectivity index (χ4v) is 4.63. The fourth-order valence-electron chi connectivity index (χ4n) is 3.67. The summed E-state index contributed by atoms with van der Waals surface area (Å²) in [4.78, 5) is 29.7. The molecule has 140 valence electrons. The maximum absolute atomic E-state index is 13.2. The molecule has 3 heterocycles. The summed E-state index contributed by atoms with van der Waals surface area (Å²) < 4.78 is 3.28. The van der Waals surface area contributed by atoms with E-state index in [1.807, 2.05) is 29.2 Å². The summed E-state index contributed by atoms with van der Waals surface area (Å²) in [6.45, 7) is 6.74. The molecule has 0 radical (unpaired) electrons. The molecule has 1 aliphatic heterocycles. The number of rotatable bonds is 3. The third-order valence-corrected chi connectivity index (χ3v) is 6.11. The highest BCUT2D eigenvalue weighted by Crippen LogP contribution is 2.30. The summed E-state index contributed by atoms with van der Waals surface area (Å²) in [6, 6.07) is 14.4. The molecule has 0 aliphatic carbocycles. The third-order valence-electron chi connectivity index (χ3n) is 5.13. The monoisotopic (exact) mass is 381 g/mol. The smallest absolute Gasteiger partial charge is 0.270 e. The first-order valence-electron chi connectivity index (χ1n) is 9.21. The molecule has 1 aromatic carbocycles. The molecule has 3 aromatic rings. The Morgan fingerprint density at radius 1 is 1.00 bits per heavy atom. The molecule has 1 saturated heterocycles. The van der Waals surface area contributed by atoms with Crippen molar-refractivity contribution in [3.8, 4) is 0 Å². The highest BCUT2D eigenvalue weighted by atomic mass is 32.1. The maximum Gasteiger partial charge on any atom is 0.270 e. The number of hydrogen-bond donors (Lipinski definition) is 0. The largest absolute Gasteiger partial charge is 0.339 e. The summed E-state index contributed by atoms with van der Waals surface area (Å²) in [5, 5.41) is 0. The highest BCUT2D eigenvalue weighted by Gasteiger charge is 2.26. The van der Waals surface area contributed by atoms with Gasteiger partial charge in [0.05, 0.1) is 10.2 Å². The predicted molar refractivity (Wildman–Crippen MR) is 108 cm³/mol. The summed E-state index contributed by atoms with van der Waals surface area (Å²) in [5.41, 5.74) is 3.03. The molecule has 0 N–H and O–H groups in total. The number of hydrogen-bond acceptors (Lipinski definition) is 3. The number of benzene rings is 1. The van der Waals surface area contributed by atoms with Crippen molar-refractivity contribution >= 4 is 33.4 Å². The molecule has 0 spiro atoms. The number of fused-ring (bicyclic) bond motifs is 1. The minimum Gasteiger partial charge on any atom is -0.339 e. The Bertz CT molecular complexity index is 982. The molecule has 0 bridgehead atoms. The Balaban J connectivity index is 1.65. The van der Waals surface area contributed by atoms with E-state index in [0.717, 1.165) is 15.9 Å². The van der Waals surface area contributed by atoms with Gasteiger partial charge < -0.3 is 14.4 Å². The molecule has 1 aliphatic rings. The number of carbonyl (C=O) groups excluding carboxylic acids is 2. The molecule has 0 saturated carbocycles. The van der Waals surface area contributed by atoms with E-state index in [1.165, 1.54) is 10.4 Å². The lowest BCUT2D eigenvalue weighted by Gasteiger charge is -2.34. The van der Waals surface area contributed by atoms with Gasteiger partial charge in [-0.05, 0) is 24.6 Å². The van der Waals surface area contributed by atoms with Crippen LogP contribution in [0.25, 0.3) is 10.2 Å². The second-order valence-electron chi connectivity index (χ2n) is 7.01. The van der Waals surface area contributed by atoms with E-state index in [0.29, 0.717) is 32.7 Å². The van der Waals surface area contributed by atoms with Crippen LogP contribution in [0.4, 0.5) is 0 Å². The van der Waals surface area contributed by atoms with Gasteiger partial charge in [-0.1, -0.05) is 30.3 Å². The van der Waals surface area contributed by atoms with Crippen molar-refractivity contribution in [2.45, 2.75) is 20.4 Å². The molecular weight excluding hydrogens is 358 g/mol. The molecule has 27 heavy (non-hydrogen) atoms. The van der Waals surface area contributed by atoms with Gasteiger partial charge in [0.1, 0.15) is 5.69 Å². The van der Waals surface area contributed by atoms with Crippen molar-refractivity contribution in [3.05, 3.63) is 58.6 Å². The van der Waals surface area contributed by atoms with E-state index >= 15 is 0 Å². The zero-order valence-electron chi connectivity index (χ0n) is 15.6. The maximum atomic E-state index is 13.2. The van der Waals surface area contributed by atoms with Crippen molar-refractivity contribution in [1.29, 1.82) is 0 Å². The lowest BCUT2D eigenvalue weighted by molar-refractivity contribution is -0.130. The Morgan fingerprint density at radius 2 is 1.67 bits per heavy atom. The van der Waals surface area contributed by atoms with Crippen molar-refractivity contribution in [1.82, 2.24) is 14.4 Å². The highest BCUT2D eigenvalue weighted by molar-refractivity contribution is 7.19.